The Morgan fingerprint density at radius 3 is 2.50 bits per heavy atom. The molecule has 0 aromatic rings. The number of hydrogen-bond donors (Lipinski definition) is 0. The highest BCUT2D eigenvalue weighted by atomic mass is 16.5. The van der Waals surface area contributed by atoms with Crippen molar-refractivity contribution in [2.75, 3.05) is 27.7 Å². The van der Waals surface area contributed by atoms with E-state index < -0.39 is 0 Å². The molecule has 0 fully saturated rings. The fourth-order valence-electron chi connectivity index (χ4n) is 1.16. The number of carbonyl (C=O) groups is 1. The van der Waals surface area contributed by atoms with Crippen LogP contribution in [0.25, 0.3) is 0 Å². The van der Waals surface area contributed by atoms with E-state index in [4.69, 9.17) is 4.74 Å². The third-order valence-electron chi connectivity index (χ3n) is 1.92. The molecule has 0 aliphatic heterocycles. The highest BCUT2D eigenvalue weighted by Crippen LogP contribution is 2.04. The van der Waals surface area contributed by atoms with Crippen molar-refractivity contribution in [1.82, 2.24) is 0 Å². The monoisotopic (exact) mass is 200 g/mol. The van der Waals surface area contributed by atoms with Gasteiger partial charge in [-0.15, -0.1) is 0 Å². The van der Waals surface area contributed by atoms with Crippen LogP contribution < -0.4 is 0 Å². The van der Waals surface area contributed by atoms with Gasteiger partial charge < -0.3 is 9.22 Å². The van der Waals surface area contributed by atoms with Crippen molar-refractivity contribution in [3.63, 3.8) is 0 Å². The van der Waals surface area contributed by atoms with Gasteiger partial charge in [0, 0.05) is 12.5 Å². The van der Waals surface area contributed by atoms with Gasteiger partial charge in [0.2, 0.25) is 0 Å². The summed E-state index contributed by atoms with van der Waals surface area (Å²) in [5.41, 5.74) is 0. The van der Waals surface area contributed by atoms with Gasteiger partial charge in [0.1, 0.15) is 0 Å². The van der Waals surface area contributed by atoms with E-state index >= 15 is 0 Å². The number of ether oxygens (including phenoxy) is 1. The first-order valence-corrected chi connectivity index (χ1v) is 4.98. The van der Waals surface area contributed by atoms with Gasteiger partial charge in [-0.05, 0) is 13.3 Å². The van der Waals surface area contributed by atoms with Crippen molar-refractivity contribution in [2.45, 2.75) is 25.9 Å². The number of hydrogen-bond acceptors (Lipinski definition) is 2. The van der Waals surface area contributed by atoms with E-state index in [1.54, 1.807) is 0 Å². The van der Waals surface area contributed by atoms with Crippen molar-refractivity contribution in [1.29, 1.82) is 0 Å². The molecule has 3 nitrogen and oxygen atoms in total. The minimum atomic E-state index is -0.331. The Hall–Kier alpha value is -0.830. The molecule has 0 aromatic heterocycles. The van der Waals surface area contributed by atoms with Crippen LogP contribution in [-0.2, 0) is 9.53 Å². The fraction of sp³-hybridized carbons (Fsp3) is 0.727. The summed E-state index contributed by atoms with van der Waals surface area (Å²) in [6, 6.07) is 0. The Morgan fingerprint density at radius 1 is 1.50 bits per heavy atom. The normalized spacial score (nSPS) is 13.4. The highest BCUT2D eigenvalue weighted by molar-refractivity contribution is 5.81. The Morgan fingerprint density at radius 2 is 2.07 bits per heavy atom. The lowest BCUT2D eigenvalue weighted by atomic mass is 10.2. The van der Waals surface area contributed by atoms with E-state index in [1.165, 1.54) is 6.08 Å². The molecule has 0 saturated heterocycles. The van der Waals surface area contributed by atoms with Crippen molar-refractivity contribution in [3.8, 4) is 0 Å². The zero-order valence-corrected chi connectivity index (χ0v) is 9.75. The van der Waals surface area contributed by atoms with Gasteiger partial charge in [0.05, 0.1) is 33.8 Å². The molecule has 0 radical (unpaired) electrons. The number of nitrogens with zero attached hydrogens (tertiary/aromatic N) is 1. The lowest BCUT2D eigenvalue weighted by Crippen LogP contribution is -2.35. The summed E-state index contributed by atoms with van der Waals surface area (Å²) in [7, 11) is 6.46. The summed E-state index contributed by atoms with van der Waals surface area (Å²) in [5.74, 6) is -0.331. The van der Waals surface area contributed by atoms with Crippen molar-refractivity contribution >= 4 is 5.97 Å². The quantitative estimate of drug-likeness (QED) is 0.370. The standard InChI is InChI=1S/C11H22NO2/c1-6-11(13)14-10(2)8-7-9-12(3,4)5/h6,10H,1,7-9H2,2-5H3/q+1. The molecule has 0 N–H and O–H groups in total. The minimum absolute atomic E-state index is 0.00736. The van der Waals surface area contributed by atoms with Crippen LogP contribution in [0, 0.1) is 0 Å². The lowest BCUT2D eigenvalue weighted by Gasteiger charge is -2.24. The predicted molar refractivity (Wildman–Crippen MR) is 57.9 cm³/mol. The SMILES string of the molecule is C=CC(=O)OC(C)CCC[N+](C)(C)C. The van der Waals surface area contributed by atoms with Gasteiger partial charge in [-0.2, -0.15) is 0 Å². The molecule has 1 unspecified atom stereocenters. The van der Waals surface area contributed by atoms with Gasteiger partial charge in [-0.1, -0.05) is 6.58 Å². The summed E-state index contributed by atoms with van der Waals surface area (Å²) in [6.45, 7) is 6.36. The van der Waals surface area contributed by atoms with Crippen LogP contribution in [0.2, 0.25) is 0 Å². The Bertz CT molecular complexity index is 194. The second-order valence-corrected chi connectivity index (χ2v) is 4.61. The molecule has 0 aliphatic rings. The van der Waals surface area contributed by atoms with Crippen LogP contribution in [0.5, 0.6) is 0 Å². The molecule has 0 saturated carbocycles. The number of esters is 1. The van der Waals surface area contributed by atoms with E-state index in [1.807, 2.05) is 6.92 Å². The maximum Gasteiger partial charge on any atom is 0.330 e. The number of quaternary nitrogens is 1. The van der Waals surface area contributed by atoms with Gasteiger partial charge in [-0.25, -0.2) is 4.79 Å². The predicted octanol–water partition coefficient (Wildman–Crippen LogP) is 1.59. The molecule has 0 aliphatic carbocycles. The number of carbonyl (C=O) groups excluding carboxylic acids is 1. The number of rotatable bonds is 6. The minimum Gasteiger partial charge on any atom is -0.460 e. The molecule has 0 amide bonds. The maximum absolute atomic E-state index is 10.8. The summed E-state index contributed by atoms with van der Waals surface area (Å²) in [4.78, 5) is 10.8. The Kier molecular flexibility index (Phi) is 5.46. The molecule has 3 heteroatoms. The molecule has 0 bridgehead atoms. The zero-order valence-electron chi connectivity index (χ0n) is 9.75. The molecule has 0 heterocycles. The summed E-state index contributed by atoms with van der Waals surface area (Å²) < 4.78 is 6.00. The first kappa shape index (κ1) is 13.2. The van der Waals surface area contributed by atoms with Crippen molar-refractivity contribution < 1.29 is 14.0 Å². The maximum atomic E-state index is 10.8. The second-order valence-electron chi connectivity index (χ2n) is 4.61. The van der Waals surface area contributed by atoms with E-state index in [-0.39, 0.29) is 12.1 Å². The summed E-state index contributed by atoms with van der Waals surface area (Å²) in [5, 5.41) is 0. The first-order valence-electron chi connectivity index (χ1n) is 4.98. The van der Waals surface area contributed by atoms with Crippen molar-refractivity contribution in [3.05, 3.63) is 12.7 Å². The largest absolute Gasteiger partial charge is 0.460 e. The molecule has 0 spiro atoms. The van der Waals surface area contributed by atoms with Crippen LogP contribution >= 0.6 is 0 Å². The molecule has 14 heavy (non-hydrogen) atoms. The smallest absolute Gasteiger partial charge is 0.330 e. The van der Waals surface area contributed by atoms with E-state index in [0.717, 1.165) is 23.9 Å². The molecule has 1 atom stereocenters. The highest BCUT2D eigenvalue weighted by Gasteiger charge is 2.10. The van der Waals surface area contributed by atoms with E-state index in [2.05, 4.69) is 27.7 Å². The zero-order chi connectivity index (χ0) is 11.2. The van der Waals surface area contributed by atoms with E-state index in [9.17, 15) is 4.79 Å². The third kappa shape index (κ3) is 7.80. The van der Waals surface area contributed by atoms with Crippen LogP contribution in [0.4, 0.5) is 0 Å². The van der Waals surface area contributed by atoms with Crippen LogP contribution in [0.3, 0.4) is 0 Å². The molecule has 82 valence electrons. The summed E-state index contributed by atoms with van der Waals surface area (Å²) in [6.07, 6.45) is 3.17. The molecular formula is C11H22NO2+. The fourth-order valence-corrected chi connectivity index (χ4v) is 1.16. The van der Waals surface area contributed by atoms with Gasteiger partial charge in [0.25, 0.3) is 0 Å². The average molecular weight is 200 g/mol. The molecule has 0 rings (SSSR count). The van der Waals surface area contributed by atoms with Crippen LogP contribution in [-0.4, -0.2) is 44.2 Å². The van der Waals surface area contributed by atoms with Crippen LogP contribution in [0.1, 0.15) is 19.8 Å². The Labute approximate surface area is 86.9 Å². The average Bonchev–Trinajstić information content (AvgIpc) is 2.01. The Balaban J connectivity index is 3.59. The van der Waals surface area contributed by atoms with Gasteiger partial charge >= 0.3 is 5.97 Å². The molecule has 0 aromatic carbocycles. The van der Waals surface area contributed by atoms with Crippen LogP contribution in [0.15, 0.2) is 12.7 Å². The summed E-state index contributed by atoms with van der Waals surface area (Å²) >= 11 is 0. The van der Waals surface area contributed by atoms with Crippen molar-refractivity contribution in [2.24, 2.45) is 0 Å². The molecular weight excluding hydrogens is 178 g/mol. The van der Waals surface area contributed by atoms with Gasteiger partial charge in [0.15, 0.2) is 0 Å². The van der Waals surface area contributed by atoms with Gasteiger partial charge in [-0.3, -0.25) is 0 Å². The topological polar surface area (TPSA) is 26.3 Å². The third-order valence-corrected chi connectivity index (χ3v) is 1.92. The second kappa shape index (κ2) is 5.81. The van der Waals surface area contributed by atoms with E-state index in [0.29, 0.717) is 0 Å². The lowest BCUT2D eigenvalue weighted by molar-refractivity contribution is -0.870. The first-order chi connectivity index (χ1) is 6.35.